The first-order valence-electron chi connectivity index (χ1n) is 15.5. The van der Waals surface area contributed by atoms with Gasteiger partial charge in [-0.3, -0.25) is 19.5 Å². The highest BCUT2D eigenvalue weighted by Gasteiger charge is 2.26. The molecule has 0 aliphatic carbocycles. The molecule has 0 radical (unpaired) electrons. The molecule has 2 aliphatic rings. The number of carbonyl (C=O) groups is 1. The van der Waals surface area contributed by atoms with Crippen LogP contribution >= 0.6 is 0 Å². The van der Waals surface area contributed by atoms with Gasteiger partial charge in [-0.05, 0) is 80.4 Å². The summed E-state index contributed by atoms with van der Waals surface area (Å²) in [5.41, 5.74) is 8.70. The maximum absolute atomic E-state index is 14.5. The molecular weight excluding hydrogens is 581 g/mol. The van der Waals surface area contributed by atoms with E-state index in [2.05, 4.69) is 34.3 Å². The molecule has 2 atom stereocenters. The number of piperazine rings is 1. The molecule has 2 unspecified atom stereocenters. The van der Waals surface area contributed by atoms with E-state index in [-0.39, 0.29) is 28.7 Å². The Bertz CT molecular complexity index is 1530. The number of halogens is 3. The highest BCUT2D eigenvalue weighted by atomic mass is 19.1. The van der Waals surface area contributed by atoms with Crippen molar-refractivity contribution in [3.63, 3.8) is 0 Å². The molecule has 240 valence electrons. The Balaban J connectivity index is 1.40. The van der Waals surface area contributed by atoms with E-state index in [1.54, 1.807) is 6.07 Å². The predicted molar refractivity (Wildman–Crippen MR) is 172 cm³/mol. The van der Waals surface area contributed by atoms with Gasteiger partial charge in [0.1, 0.15) is 24.1 Å². The number of hydrogen-bond acceptors (Lipinski definition) is 7. The number of ether oxygens (including phenoxy) is 1. The van der Waals surface area contributed by atoms with Crippen LogP contribution in [0.15, 0.2) is 54.6 Å². The number of nitrogens with two attached hydrogens (primary N) is 1. The SMILES string of the molecule is CCN1CCN(c2ccc(C(=O)NC(=N)c3cc(C(CF)c4cc(F)ccc4F)ccc3N)c(NC3CCOCC3)c2)C(C)C1. The number of nitrogens with zero attached hydrogens (tertiary/aromatic N) is 2. The molecule has 3 aromatic rings. The first kappa shape index (κ1) is 32.3. The fourth-order valence-electron chi connectivity index (χ4n) is 6.18. The number of nitrogen functional groups attached to an aromatic ring is 1. The van der Waals surface area contributed by atoms with E-state index in [4.69, 9.17) is 15.9 Å². The summed E-state index contributed by atoms with van der Waals surface area (Å²) in [5.74, 6) is -3.34. The Kier molecular flexibility index (Phi) is 10.3. The highest BCUT2D eigenvalue weighted by molar-refractivity contribution is 6.15. The van der Waals surface area contributed by atoms with E-state index in [1.807, 2.05) is 12.1 Å². The first-order valence-corrected chi connectivity index (χ1v) is 15.5. The Morgan fingerprint density at radius 1 is 1.07 bits per heavy atom. The van der Waals surface area contributed by atoms with Gasteiger partial charge in [0.15, 0.2) is 0 Å². The lowest BCUT2D eigenvalue weighted by Gasteiger charge is -2.41. The van der Waals surface area contributed by atoms with Crippen molar-refractivity contribution < 1.29 is 22.7 Å². The minimum Gasteiger partial charge on any atom is -0.398 e. The molecule has 0 bridgehead atoms. The van der Waals surface area contributed by atoms with Gasteiger partial charge >= 0.3 is 0 Å². The molecule has 3 aromatic carbocycles. The van der Waals surface area contributed by atoms with Crippen LogP contribution in [-0.4, -0.2) is 74.8 Å². The summed E-state index contributed by atoms with van der Waals surface area (Å²) in [6, 6.07) is 13.4. The van der Waals surface area contributed by atoms with Crippen LogP contribution in [0.3, 0.4) is 0 Å². The van der Waals surface area contributed by atoms with Crippen molar-refractivity contribution in [2.24, 2.45) is 0 Å². The molecule has 5 N–H and O–H groups in total. The second-order valence-electron chi connectivity index (χ2n) is 11.7. The maximum Gasteiger partial charge on any atom is 0.258 e. The summed E-state index contributed by atoms with van der Waals surface area (Å²) in [6.45, 7) is 8.42. The maximum atomic E-state index is 14.5. The third-order valence-corrected chi connectivity index (χ3v) is 8.79. The van der Waals surface area contributed by atoms with Gasteiger partial charge in [0, 0.05) is 79.0 Å². The number of amidine groups is 1. The van der Waals surface area contributed by atoms with E-state index >= 15 is 0 Å². The molecule has 2 heterocycles. The smallest absolute Gasteiger partial charge is 0.258 e. The van der Waals surface area contributed by atoms with E-state index in [9.17, 15) is 18.0 Å². The van der Waals surface area contributed by atoms with Gasteiger partial charge in [-0.15, -0.1) is 0 Å². The van der Waals surface area contributed by atoms with Gasteiger partial charge in [-0.1, -0.05) is 13.0 Å². The standard InChI is InChI=1S/C34H41F3N6O2/c1-3-42-12-13-43(21(2)20-42)25-6-7-26(32(18-25)40-24-10-14-45-15-11-24)34(44)41-33(39)28-16-22(4-9-31(28)38)29(19-35)27-17-23(36)5-8-30(27)37/h4-9,16-18,21,24,29,40H,3,10-15,19-20,38H2,1-2H3,(H2,39,41,44). The molecule has 0 aromatic heterocycles. The van der Waals surface area contributed by atoms with Crippen molar-refractivity contribution in [3.8, 4) is 0 Å². The van der Waals surface area contributed by atoms with Crippen molar-refractivity contribution in [2.45, 2.75) is 44.7 Å². The quantitative estimate of drug-likeness (QED) is 0.142. The predicted octanol–water partition coefficient (Wildman–Crippen LogP) is 5.53. The number of rotatable bonds is 9. The summed E-state index contributed by atoms with van der Waals surface area (Å²) in [4.78, 5) is 18.5. The number of nitrogens with one attached hydrogen (secondary N) is 3. The zero-order valence-corrected chi connectivity index (χ0v) is 25.7. The molecule has 2 fully saturated rings. The summed E-state index contributed by atoms with van der Waals surface area (Å²) in [6.07, 6.45) is 1.61. The number of hydrogen-bond donors (Lipinski definition) is 4. The van der Waals surface area contributed by atoms with Gasteiger partial charge in [0.2, 0.25) is 0 Å². The van der Waals surface area contributed by atoms with Gasteiger partial charge in [0.05, 0.1) is 5.56 Å². The molecular formula is C34H41F3N6O2. The lowest BCUT2D eigenvalue weighted by atomic mass is 9.90. The van der Waals surface area contributed by atoms with Gasteiger partial charge in [-0.2, -0.15) is 0 Å². The van der Waals surface area contributed by atoms with Crippen LogP contribution in [0, 0.1) is 17.0 Å². The van der Waals surface area contributed by atoms with E-state index in [1.165, 1.54) is 18.2 Å². The third-order valence-electron chi connectivity index (χ3n) is 8.79. The number of anilines is 3. The van der Waals surface area contributed by atoms with Crippen LogP contribution in [0.4, 0.5) is 30.2 Å². The van der Waals surface area contributed by atoms with Crippen LogP contribution in [0.25, 0.3) is 0 Å². The van der Waals surface area contributed by atoms with Crippen molar-refractivity contribution in [2.75, 3.05) is 62.0 Å². The van der Waals surface area contributed by atoms with Crippen molar-refractivity contribution in [1.29, 1.82) is 5.41 Å². The normalized spacial score (nSPS) is 18.4. The summed E-state index contributed by atoms with van der Waals surface area (Å²) < 4.78 is 48.1. The number of benzene rings is 3. The first-order chi connectivity index (χ1) is 21.7. The second-order valence-corrected chi connectivity index (χ2v) is 11.7. The molecule has 11 heteroatoms. The average Bonchev–Trinajstić information content (AvgIpc) is 3.04. The number of carbonyl (C=O) groups excluding carboxylic acids is 1. The molecule has 0 saturated carbocycles. The number of alkyl halides is 1. The molecule has 8 nitrogen and oxygen atoms in total. The van der Waals surface area contributed by atoms with Gasteiger partial charge in [-0.25, -0.2) is 8.78 Å². The molecule has 1 amide bonds. The monoisotopic (exact) mass is 622 g/mol. The fraction of sp³-hybridized carbons (Fsp3) is 0.412. The summed E-state index contributed by atoms with van der Waals surface area (Å²) in [7, 11) is 0. The largest absolute Gasteiger partial charge is 0.398 e. The zero-order chi connectivity index (χ0) is 32.1. The second kappa shape index (κ2) is 14.3. The van der Waals surface area contributed by atoms with Crippen molar-refractivity contribution >= 4 is 28.8 Å². The fourth-order valence-corrected chi connectivity index (χ4v) is 6.18. The molecule has 45 heavy (non-hydrogen) atoms. The van der Waals surface area contributed by atoms with E-state index in [0.29, 0.717) is 36.1 Å². The van der Waals surface area contributed by atoms with Crippen LogP contribution in [0.5, 0.6) is 0 Å². The molecule has 5 rings (SSSR count). The summed E-state index contributed by atoms with van der Waals surface area (Å²) in [5, 5.41) is 14.9. The van der Waals surface area contributed by atoms with Crippen LogP contribution in [-0.2, 0) is 4.74 Å². The topological polar surface area (TPSA) is 107 Å². The third kappa shape index (κ3) is 7.42. The zero-order valence-electron chi connectivity index (χ0n) is 25.7. The molecule has 2 aliphatic heterocycles. The Morgan fingerprint density at radius 2 is 1.84 bits per heavy atom. The minimum atomic E-state index is -1.12. The highest BCUT2D eigenvalue weighted by Crippen LogP contribution is 2.31. The molecule has 0 spiro atoms. The summed E-state index contributed by atoms with van der Waals surface area (Å²) >= 11 is 0. The van der Waals surface area contributed by atoms with Gasteiger partial charge in [0.25, 0.3) is 5.91 Å². The van der Waals surface area contributed by atoms with Crippen LogP contribution in [0.1, 0.15) is 59.7 Å². The average molecular weight is 623 g/mol. The minimum absolute atomic E-state index is 0.127. The lowest BCUT2D eigenvalue weighted by Crippen LogP contribution is -2.51. The number of amides is 1. The lowest BCUT2D eigenvalue weighted by molar-refractivity contribution is 0.0904. The Morgan fingerprint density at radius 3 is 2.56 bits per heavy atom. The number of likely N-dealkylation sites (N-methyl/N-ethyl adjacent to an activating group) is 1. The molecule has 2 saturated heterocycles. The van der Waals surface area contributed by atoms with E-state index in [0.717, 1.165) is 62.9 Å². The van der Waals surface area contributed by atoms with E-state index < -0.39 is 30.1 Å². The van der Waals surface area contributed by atoms with Crippen LogP contribution < -0.4 is 21.3 Å². The van der Waals surface area contributed by atoms with Gasteiger partial charge < -0.3 is 26.0 Å². The Labute approximate surface area is 262 Å². The Hall–Kier alpha value is -4.09. The van der Waals surface area contributed by atoms with Crippen molar-refractivity contribution in [3.05, 3.63) is 88.5 Å². The van der Waals surface area contributed by atoms with Crippen LogP contribution in [0.2, 0.25) is 0 Å². The van der Waals surface area contributed by atoms with Crippen molar-refractivity contribution in [1.82, 2.24) is 10.2 Å².